The highest BCUT2D eigenvalue weighted by molar-refractivity contribution is 9.10. The highest BCUT2D eigenvalue weighted by atomic mass is 79.9. The highest BCUT2D eigenvalue weighted by Crippen LogP contribution is 2.42. The number of para-hydroxylation sites is 1. The molecule has 0 amide bonds. The number of halogens is 1. The molecule has 4 rings (SSSR count). The molecular weight excluding hydrogens is 444 g/mol. The second-order valence-corrected chi connectivity index (χ2v) is 8.98. The molecule has 1 aliphatic heterocycles. The maximum atomic E-state index is 5.74. The molecule has 1 aliphatic rings. The molecule has 0 aliphatic carbocycles. The van der Waals surface area contributed by atoms with Gasteiger partial charge in [0, 0.05) is 28.1 Å². The van der Waals surface area contributed by atoms with Gasteiger partial charge < -0.3 is 14.8 Å². The molecule has 0 bridgehead atoms. The van der Waals surface area contributed by atoms with Crippen LogP contribution >= 0.6 is 28.1 Å². The van der Waals surface area contributed by atoms with Crippen LogP contribution in [-0.2, 0) is 0 Å². The first-order valence-electron chi connectivity index (χ1n) is 9.83. The average molecular weight is 469 g/mol. The van der Waals surface area contributed by atoms with Crippen molar-refractivity contribution in [3.63, 3.8) is 0 Å². The second kappa shape index (κ2) is 7.92. The largest absolute Gasteiger partial charge is 0.352 e. The summed E-state index contributed by atoms with van der Waals surface area (Å²) in [7, 11) is 0. The van der Waals surface area contributed by atoms with Crippen LogP contribution in [0.25, 0.3) is 5.69 Å². The zero-order valence-corrected chi connectivity index (χ0v) is 19.5. The topological polar surface area (TPSA) is 33.1 Å². The number of aryl methyl sites for hydroxylation is 1. The quantitative estimate of drug-likeness (QED) is 0.502. The van der Waals surface area contributed by atoms with E-state index in [0.29, 0.717) is 0 Å². The standard InChI is InChI=1S/C23H25BrN4S/c1-14(2)27-22(21(26-23(27)29)19-10-7-8-12-25-19)17-13-15(3)28(16(17)4)20-11-6-5-9-18(20)24/h5-14,21-22H,1-4H3,(H,26,29)/t21-,22-/m0/s1. The Hall–Kier alpha value is -2.18. The Balaban J connectivity index is 1.88. The Morgan fingerprint density at radius 2 is 1.83 bits per heavy atom. The monoisotopic (exact) mass is 468 g/mol. The van der Waals surface area contributed by atoms with E-state index in [-0.39, 0.29) is 18.1 Å². The summed E-state index contributed by atoms with van der Waals surface area (Å²) in [5.41, 5.74) is 5.85. The van der Waals surface area contributed by atoms with E-state index in [9.17, 15) is 0 Å². The Morgan fingerprint density at radius 3 is 2.48 bits per heavy atom. The number of nitrogens with one attached hydrogen (secondary N) is 1. The number of thiocarbonyl (C=S) groups is 1. The van der Waals surface area contributed by atoms with Crippen molar-refractivity contribution in [2.45, 2.75) is 45.8 Å². The summed E-state index contributed by atoms with van der Waals surface area (Å²) >= 11 is 9.45. The summed E-state index contributed by atoms with van der Waals surface area (Å²) < 4.78 is 3.39. The molecule has 1 aromatic carbocycles. The van der Waals surface area contributed by atoms with Gasteiger partial charge in [-0.05, 0) is 91.7 Å². The fourth-order valence-corrected chi connectivity index (χ4v) is 5.26. The van der Waals surface area contributed by atoms with E-state index >= 15 is 0 Å². The molecule has 2 aromatic heterocycles. The molecule has 1 N–H and O–H groups in total. The molecule has 3 heterocycles. The van der Waals surface area contributed by atoms with Gasteiger partial charge in [-0.2, -0.15) is 0 Å². The van der Waals surface area contributed by atoms with Crippen molar-refractivity contribution in [1.82, 2.24) is 19.8 Å². The summed E-state index contributed by atoms with van der Waals surface area (Å²) in [5, 5.41) is 4.32. The van der Waals surface area contributed by atoms with E-state index in [1.54, 1.807) is 0 Å². The zero-order valence-electron chi connectivity index (χ0n) is 17.1. The lowest BCUT2D eigenvalue weighted by Gasteiger charge is -2.31. The van der Waals surface area contributed by atoms with Crippen LogP contribution in [0.2, 0.25) is 0 Å². The third kappa shape index (κ3) is 3.49. The van der Waals surface area contributed by atoms with E-state index in [1.165, 1.54) is 17.0 Å². The van der Waals surface area contributed by atoms with Gasteiger partial charge in [-0.1, -0.05) is 18.2 Å². The predicted molar refractivity (Wildman–Crippen MR) is 125 cm³/mol. The van der Waals surface area contributed by atoms with Crippen LogP contribution in [-0.4, -0.2) is 25.6 Å². The van der Waals surface area contributed by atoms with Crippen molar-refractivity contribution in [2.75, 3.05) is 0 Å². The molecule has 0 spiro atoms. The van der Waals surface area contributed by atoms with Crippen molar-refractivity contribution in [3.05, 3.63) is 81.8 Å². The third-order valence-corrected chi connectivity index (χ3v) is 6.57. The van der Waals surface area contributed by atoms with Crippen LogP contribution in [0.1, 0.15) is 48.6 Å². The van der Waals surface area contributed by atoms with Crippen molar-refractivity contribution in [2.24, 2.45) is 0 Å². The van der Waals surface area contributed by atoms with E-state index in [2.05, 4.69) is 93.7 Å². The first-order valence-corrected chi connectivity index (χ1v) is 11.0. The van der Waals surface area contributed by atoms with Crippen LogP contribution in [0.4, 0.5) is 0 Å². The Morgan fingerprint density at radius 1 is 1.10 bits per heavy atom. The lowest BCUT2D eigenvalue weighted by molar-refractivity contribution is 0.269. The van der Waals surface area contributed by atoms with Gasteiger partial charge in [0.25, 0.3) is 0 Å². The maximum absolute atomic E-state index is 5.74. The van der Waals surface area contributed by atoms with Crippen LogP contribution in [0.5, 0.6) is 0 Å². The molecule has 4 nitrogen and oxygen atoms in total. The summed E-state index contributed by atoms with van der Waals surface area (Å²) in [5.74, 6) is 0. The van der Waals surface area contributed by atoms with Crippen LogP contribution in [0.15, 0.2) is 59.2 Å². The van der Waals surface area contributed by atoms with Crippen LogP contribution in [0, 0.1) is 13.8 Å². The number of rotatable bonds is 4. The van der Waals surface area contributed by atoms with Crippen molar-refractivity contribution in [3.8, 4) is 5.69 Å². The van der Waals surface area contributed by atoms with E-state index in [0.717, 1.165) is 21.0 Å². The van der Waals surface area contributed by atoms with Crippen LogP contribution < -0.4 is 5.32 Å². The van der Waals surface area contributed by atoms with Crippen molar-refractivity contribution in [1.29, 1.82) is 0 Å². The van der Waals surface area contributed by atoms with Gasteiger partial charge in [-0.25, -0.2) is 0 Å². The summed E-state index contributed by atoms with van der Waals surface area (Å²) in [6, 6.07) is 17.1. The van der Waals surface area contributed by atoms with Gasteiger partial charge in [-0.15, -0.1) is 0 Å². The van der Waals surface area contributed by atoms with Gasteiger partial charge in [0.2, 0.25) is 0 Å². The van der Waals surface area contributed by atoms with Crippen molar-refractivity contribution < 1.29 is 0 Å². The number of nitrogens with zero attached hydrogens (tertiary/aromatic N) is 3. The fourth-order valence-electron chi connectivity index (χ4n) is 4.34. The highest BCUT2D eigenvalue weighted by Gasteiger charge is 2.42. The van der Waals surface area contributed by atoms with Gasteiger partial charge in [0.05, 0.1) is 23.5 Å². The summed E-state index contributed by atoms with van der Waals surface area (Å²) in [4.78, 5) is 6.94. The zero-order chi connectivity index (χ0) is 20.7. The Kier molecular flexibility index (Phi) is 5.49. The molecule has 1 fully saturated rings. The number of hydrogen-bond donors (Lipinski definition) is 1. The van der Waals surface area contributed by atoms with E-state index in [4.69, 9.17) is 12.2 Å². The number of hydrogen-bond acceptors (Lipinski definition) is 2. The molecule has 0 unspecified atom stereocenters. The third-order valence-electron chi connectivity index (χ3n) is 5.57. The van der Waals surface area contributed by atoms with Gasteiger partial charge in [0.1, 0.15) is 0 Å². The molecule has 6 heteroatoms. The molecule has 0 saturated carbocycles. The van der Waals surface area contributed by atoms with Crippen molar-refractivity contribution >= 4 is 33.3 Å². The first-order chi connectivity index (χ1) is 13.9. The smallest absolute Gasteiger partial charge is 0.170 e. The molecule has 150 valence electrons. The van der Waals surface area contributed by atoms with Crippen LogP contribution in [0.3, 0.4) is 0 Å². The minimum atomic E-state index is 0.0132. The predicted octanol–water partition coefficient (Wildman–Crippen LogP) is 5.63. The SMILES string of the molecule is Cc1cc([C@H]2[C@H](c3ccccn3)NC(=S)N2C(C)C)c(C)n1-c1ccccc1Br. The van der Waals surface area contributed by atoms with E-state index in [1.807, 2.05) is 24.4 Å². The lowest BCUT2D eigenvalue weighted by atomic mass is 9.96. The normalized spacial score (nSPS) is 19.1. The first kappa shape index (κ1) is 20.1. The molecule has 29 heavy (non-hydrogen) atoms. The minimum absolute atomic E-state index is 0.0132. The van der Waals surface area contributed by atoms with Gasteiger partial charge in [0.15, 0.2) is 5.11 Å². The fraction of sp³-hybridized carbons (Fsp3) is 0.304. The molecule has 2 atom stereocenters. The molecular formula is C23H25BrN4S. The second-order valence-electron chi connectivity index (χ2n) is 7.74. The van der Waals surface area contributed by atoms with Gasteiger partial charge in [-0.3, -0.25) is 4.98 Å². The number of benzene rings is 1. The molecule has 0 radical (unpaired) electrons. The Bertz CT molecular complexity index is 1040. The maximum Gasteiger partial charge on any atom is 0.170 e. The molecule has 1 saturated heterocycles. The van der Waals surface area contributed by atoms with Gasteiger partial charge >= 0.3 is 0 Å². The molecule has 3 aromatic rings. The van der Waals surface area contributed by atoms with E-state index < -0.39 is 0 Å². The summed E-state index contributed by atoms with van der Waals surface area (Å²) in [6.45, 7) is 8.73. The lowest BCUT2D eigenvalue weighted by Crippen LogP contribution is -2.35. The summed E-state index contributed by atoms with van der Waals surface area (Å²) in [6.07, 6.45) is 1.85. The Labute approximate surface area is 186 Å². The minimum Gasteiger partial charge on any atom is -0.352 e. The average Bonchev–Trinajstić information content (AvgIpc) is 3.19. The number of pyridine rings is 1. The number of aromatic nitrogens is 2.